The average molecular weight is 544 g/mol. The zero-order valence-corrected chi connectivity index (χ0v) is 21.9. The summed E-state index contributed by atoms with van der Waals surface area (Å²) < 4.78 is 4.98. The highest BCUT2D eigenvalue weighted by Crippen LogP contribution is 2.54. The molecule has 3 aliphatic carbocycles. The fourth-order valence-electron chi connectivity index (χ4n) is 6.73. The van der Waals surface area contributed by atoms with Crippen LogP contribution in [0.15, 0.2) is 12.1 Å². The summed E-state index contributed by atoms with van der Waals surface area (Å²) in [6.07, 6.45) is -1.27. The summed E-state index contributed by atoms with van der Waals surface area (Å²) in [7, 11) is 0. The van der Waals surface area contributed by atoms with Crippen LogP contribution in [0.1, 0.15) is 67.4 Å². The largest absolute Gasteiger partial charge is 0.507 e. The molecule has 0 spiro atoms. The van der Waals surface area contributed by atoms with Gasteiger partial charge in [0.25, 0.3) is 6.02 Å². The molecule has 7 atom stereocenters. The normalized spacial score (nSPS) is 32.2. The molecule has 4 rings (SSSR count). The van der Waals surface area contributed by atoms with Crippen molar-refractivity contribution in [1.82, 2.24) is 0 Å². The molecular formula is C27H33N3O9. The smallest absolute Gasteiger partial charge is 0.278 e. The minimum absolute atomic E-state index is 0.136. The van der Waals surface area contributed by atoms with Crippen molar-refractivity contribution in [2.45, 2.75) is 63.1 Å². The summed E-state index contributed by atoms with van der Waals surface area (Å²) in [6.45, 7) is 5.52. The van der Waals surface area contributed by atoms with Gasteiger partial charge in [-0.15, -0.1) is 0 Å². The summed E-state index contributed by atoms with van der Waals surface area (Å²) in [6, 6.07) is 2.91. The molecule has 0 bridgehead atoms. The van der Waals surface area contributed by atoms with E-state index < -0.39 is 88.2 Å². The summed E-state index contributed by atoms with van der Waals surface area (Å²) in [5.74, 6) is -13.1. The third-order valence-electron chi connectivity index (χ3n) is 8.79. The molecule has 0 radical (unpaired) electrons. The third kappa shape index (κ3) is 4.13. The van der Waals surface area contributed by atoms with Gasteiger partial charge in [-0.2, -0.15) is 0 Å². The maximum absolute atomic E-state index is 13.9. The van der Waals surface area contributed by atoms with E-state index in [9.17, 15) is 39.3 Å². The topological polar surface area (TPSA) is 231 Å². The first-order valence-corrected chi connectivity index (χ1v) is 12.8. The van der Waals surface area contributed by atoms with Crippen LogP contribution in [-0.4, -0.2) is 68.7 Å². The van der Waals surface area contributed by atoms with Crippen molar-refractivity contribution in [3.8, 4) is 5.75 Å². The van der Waals surface area contributed by atoms with Gasteiger partial charge in [-0.05, 0) is 29.7 Å². The number of amides is 1. The molecule has 3 aliphatic rings. The monoisotopic (exact) mass is 543 g/mol. The Kier molecular flexibility index (Phi) is 6.93. The molecule has 8 N–H and O–H groups in total. The molecule has 2 unspecified atom stereocenters. The lowest BCUT2D eigenvalue weighted by atomic mass is 9.50. The predicted molar refractivity (Wildman–Crippen MR) is 135 cm³/mol. The standard InChI is InChI=1S/C27H33N3O9/c1-10-11-5-6-12(26(2,3)7-4-8-39-25(29)30)19(32)16(11)21(34)18-15(10)20(33)13-9-14(31)17(24(28)37)22(35)27(13,38)23(18)36/h5-6,10,13,15,17-18,20,32-33,38H,4,7-9H2,1-3H3,(H2,28,37)(H3,29,30)/t10-,13+,15+,17?,18?,20+,27+/m0/s1. The lowest BCUT2D eigenvalue weighted by molar-refractivity contribution is -0.189. The SMILES string of the molecule is C[C@H]1c2ccc(C(C)(C)CCCOC(=N)N)c(O)c2C(=O)C2C(=O)[C@]3(O)C(=O)C(C(N)=O)C(=O)C[C@@H]3[C@@H](O)[C@@H]21. The van der Waals surface area contributed by atoms with Crippen LogP contribution in [0.5, 0.6) is 5.75 Å². The Morgan fingerprint density at radius 1 is 1.18 bits per heavy atom. The molecule has 2 fully saturated rings. The van der Waals surface area contributed by atoms with Gasteiger partial charge in [0.05, 0.1) is 24.2 Å². The maximum atomic E-state index is 13.9. The van der Waals surface area contributed by atoms with Gasteiger partial charge in [-0.1, -0.05) is 32.9 Å². The number of rotatable bonds is 6. The Balaban J connectivity index is 1.76. The Hall–Kier alpha value is -3.64. The molecule has 1 aromatic rings. The van der Waals surface area contributed by atoms with Crippen LogP contribution < -0.4 is 11.5 Å². The molecule has 1 amide bonds. The zero-order valence-electron chi connectivity index (χ0n) is 21.9. The molecule has 0 heterocycles. The number of primary amides is 1. The van der Waals surface area contributed by atoms with E-state index >= 15 is 0 Å². The van der Waals surface area contributed by atoms with Gasteiger partial charge >= 0.3 is 0 Å². The van der Waals surface area contributed by atoms with Crippen molar-refractivity contribution < 1.29 is 44.0 Å². The second-order valence-corrected chi connectivity index (χ2v) is 11.4. The highest BCUT2D eigenvalue weighted by atomic mass is 16.5. The Morgan fingerprint density at radius 3 is 2.41 bits per heavy atom. The number of carbonyl (C=O) groups is 5. The molecule has 0 aliphatic heterocycles. The van der Waals surface area contributed by atoms with Crippen molar-refractivity contribution >= 4 is 35.1 Å². The van der Waals surface area contributed by atoms with E-state index in [1.165, 1.54) is 0 Å². The molecule has 39 heavy (non-hydrogen) atoms. The first kappa shape index (κ1) is 28.4. The number of hydrogen-bond donors (Lipinski definition) is 6. The number of Topliss-reactive ketones (excluding diaryl/α,β-unsaturated/α-hetero) is 4. The lowest BCUT2D eigenvalue weighted by Crippen LogP contribution is -2.72. The number of fused-ring (bicyclic) bond motifs is 3. The summed E-state index contributed by atoms with van der Waals surface area (Å²) >= 11 is 0. The number of hydrogen-bond acceptors (Lipinski definition) is 10. The highest BCUT2D eigenvalue weighted by Gasteiger charge is 2.69. The van der Waals surface area contributed by atoms with Crippen LogP contribution in [0.3, 0.4) is 0 Å². The molecule has 1 aromatic carbocycles. The molecule has 0 aromatic heterocycles. The maximum Gasteiger partial charge on any atom is 0.278 e. The van der Waals surface area contributed by atoms with Crippen molar-refractivity contribution in [2.24, 2.45) is 35.1 Å². The number of carbonyl (C=O) groups excluding carboxylic acids is 5. The van der Waals surface area contributed by atoms with E-state index in [4.69, 9.17) is 21.6 Å². The van der Waals surface area contributed by atoms with Crippen LogP contribution in [0.2, 0.25) is 0 Å². The van der Waals surface area contributed by atoms with Gasteiger partial charge in [0, 0.05) is 23.8 Å². The quantitative estimate of drug-likeness (QED) is 0.120. The summed E-state index contributed by atoms with van der Waals surface area (Å²) in [4.78, 5) is 65.1. The first-order valence-electron chi connectivity index (χ1n) is 12.8. The Morgan fingerprint density at radius 2 is 1.82 bits per heavy atom. The molecule has 12 nitrogen and oxygen atoms in total. The fourth-order valence-corrected chi connectivity index (χ4v) is 6.73. The molecule has 12 heteroatoms. The fraction of sp³-hybridized carbons (Fsp3) is 0.556. The number of phenolic OH excluding ortho intramolecular Hbond substituents is 1. The van der Waals surface area contributed by atoms with Crippen molar-refractivity contribution in [3.05, 3.63) is 28.8 Å². The number of aromatic hydroxyl groups is 1. The van der Waals surface area contributed by atoms with E-state index in [1.54, 1.807) is 19.1 Å². The Bertz CT molecular complexity index is 1310. The second kappa shape index (κ2) is 9.53. The number of amidine groups is 1. The second-order valence-electron chi connectivity index (χ2n) is 11.4. The molecule has 0 saturated heterocycles. The first-order chi connectivity index (χ1) is 18.1. The van der Waals surface area contributed by atoms with Gasteiger partial charge in [0.2, 0.25) is 5.91 Å². The van der Waals surface area contributed by atoms with Crippen LogP contribution in [0, 0.1) is 29.1 Å². The number of aliphatic hydroxyl groups excluding tert-OH is 1. The Labute approximate surface area is 224 Å². The van der Waals surface area contributed by atoms with Crippen LogP contribution >= 0.6 is 0 Å². The third-order valence-corrected chi connectivity index (χ3v) is 8.79. The number of aliphatic hydroxyl groups is 2. The minimum atomic E-state index is -2.95. The molecule has 210 valence electrons. The van der Waals surface area contributed by atoms with E-state index in [1.807, 2.05) is 13.8 Å². The van der Waals surface area contributed by atoms with E-state index in [0.717, 1.165) is 0 Å². The molecule has 2 saturated carbocycles. The number of phenols is 1. The van der Waals surface area contributed by atoms with E-state index in [2.05, 4.69) is 0 Å². The van der Waals surface area contributed by atoms with Gasteiger partial charge in [-0.3, -0.25) is 29.4 Å². The summed E-state index contributed by atoms with van der Waals surface area (Å²) in [5, 5.41) is 41.1. The van der Waals surface area contributed by atoms with Crippen molar-refractivity contribution in [2.75, 3.05) is 6.61 Å². The zero-order chi connectivity index (χ0) is 29.2. The summed E-state index contributed by atoms with van der Waals surface area (Å²) in [5.41, 5.74) is 7.44. The minimum Gasteiger partial charge on any atom is -0.507 e. The van der Waals surface area contributed by atoms with Crippen molar-refractivity contribution in [3.63, 3.8) is 0 Å². The van der Waals surface area contributed by atoms with Crippen molar-refractivity contribution in [1.29, 1.82) is 5.41 Å². The average Bonchev–Trinajstić information content (AvgIpc) is 2.84. The van der Waals surface area contributed by atoms with E-state index in [0.29, 0.717) is 24.0 Å². The number of nitrogens with two attached hydrogens (primary N) is 2. The number of benzene rings is 1. The van der Waals surface area contributed by atoms with E-state index in [-0.39, 0.29) is 17.9 Å². The van der Waals surface area contributed by atoms with Crippen LogP contribution in [0.4, 0.5) is 0 Å². The van der Waals surface area contributed by atoms with Crippen LogP contribution in [0.25, 0.3) is 0 Å². The number of ether oxygens (including phenoxy) is 1. The van der Waals surface area contributed by atoms with Crippen LogP contribution in [-0.2, 0) is 29.3 Å². The highest BCUT2D eigenvalue weighted by molar-refractivity contribution is 6.31. The van der Waals surface area contributed by atoms with Gasteiger partial charge in [0.15, 0.2) is 34.7 Å². The lowest BCUT2D eigenvalue weighted by Gasteiger charge is -2.53. The number of nitrogens with one attached hydrogen (secondary N) is 1. The van der Waals surface area contributed by atoms with Gasteiger partial charge < -0.3 is 31.5 Å². The molecular weight excluding hydrogens is 510 g/mol. The van der Waals surface area contributed by atoms with Gasteiger partial charge in [-0.25, -0.2) is 0 Å². The number of ketones is 4. The van der Waals surface area contributed by atoms with Gasteiger partial charge in [0.1, 0.15) is 5.75 Å². The predicted octanol–water partition coefficient (Wildman–Crippen LogP) is -0.173.